The van der Waals surface area contributed by atoms with Crippen molar-refractivity contribution in [1.29, 1.82) is 0 Å². The van der Waals surface area contributed by atoms with Crippen molar-refractivity contribution in [2.24, 2.45) is 0 Å². The van der Waals surface area contributed by atoms with E-state index in [1.54, 1.807) is 6.07 Å². The van der Waals surface area contributed by atoms with Gasteiger partial charge in [0.2, 0.25) is 0 Å². The predicted molar refractivity (Wildman–Crippen MR) is 67.0 cm³/mol. The summed E-state index contributed by atoms with van der Waals surface area (Å²) in [6.45, 7) is 8.77. The molecule has 90 valence electrons. The van der Waals surface area contributed by atoms with E-state index in [2.05, 4.69) is 20.8 Å². The van der Waals surface area contributed by atoms with Crippen LogP contribution >= 0.6 is 0 Å². The zero-order valence-corrected chi connectivity index (χ0v) is 10.5. The third kappa shape index (κ3) is 3.65. The van der Waals surface area contributed by atoms with Gasteiger partial charge < -0.3 is 15.2 Å². The van der Waals surface area contributed by atoms with Crippen LogP contribution in [0.3, 0.4) is 0 Å². The lowest BCUT2D eigenvalue weighted by molar-refractivity contribution is 0.105. The van der Waals surface area contributed by atoms with Gasteiger partial charge in [0.15, 0.2) is 0 Å². The Kier molecular flexibility index (Phi) is 4.05. The summed E-state index contributed by atoms with van der Waals surface area (Å²) in [4.78, 5) is 0. The second-order valence-electron chi connectivity index (χ2n) is 4.39. The molecule has 16 heavy (non-hydrogen) atoms. The molecule has 0 aliphatic carbocycles. The zero-order chi connectivity index (χ0) is 12.2. The van der Waals surface area contributed by atoms with Crippen molar-refractivity contribution in [1.82, 2.24) is 0 Å². The van der Waals surface area contributed by atoms with E-state index >= 15 is 0 Å². The van der Waals surface area contributed by atoms with Gasteiger partial charge in [0.1, 0.15) is 17.1 Å². The molecule has 0 spiro atoms. The number of hydrogen-bond acceptors (Lipinski definition) is 3. The second-order valence-corrected chi connectivity index (χ2v) is 4.39. The molecule has 0 aliphatic rings. The van der Waals surface area contributed by atoms with Gasteiger partial charge >= 0.3 is 0 Å². The SMILES string of the molecule is CCOc1cc(N)cc(OC(C)(C)CC)c1. The van der Waals surface area contributed by atoms with Crippen LogP contribution in [0.5, 0.6) is 11.5 Å². The molecular weight excluding hydrogens is 202 g/mol. The maximum absolute atomic E-state index is 5.86. The Morgan fingerprint density at radius 2 is 1.75 bits per heavy atom. The van der Waals surface area contributed by atoms with Crippen molar-refractivity contribution in [2.75, 3.05) is 12.3 Å². The molecule has 0 amide bonds. The van der Waals surface area contributed by atoms with E-state index in [-0.39, 0.29) is 5.60 Å². The minimum atomic E-state index is -0.183. The molecule has 1 aromatic rings. The van der Waals surface area contributed by atoms with Crippen molar-refractivity contribution in [3.63, 3.8) is 0 Å². The standard InChI is InChI=1S/C13H21NO2/c1-5-13(3,4)16-12-8-10(14)7-11(9-12)15-6-2/h7-9H,5-6,14H2,1-4H3. The monoisotopic (exact) mass is 223 g/mol. The van der Waals surface area contributed by atoms with Crippen molar-refractivity contribution in [3.8, 4) is 11.5 Å². The Balaban J connectivity index is 2.87. The summed E-state index contributed by atoms with van der Waals surface area (Å²) < 4.78 is 11.3. The quantitative estimate of drug-likeness (QED) is 0.779. The Morgan fingerprint density at radius 3 is 2.31 bits per heavy atom. The number of nitrogen functional groups attached to an aromatic ring is 1. The molecule has 2 N–H and O–H groups in total. The summed E-state index contributed by atoms with van der Waals surface area (Å²) in [5.41, 5.74) is 6.27. The summed E-state index contributed by atoms with van der Waals surface area (Å²) in [6.07, 6.45) is 0.936. The number of nitrogens with two attached hydrogens (primary N) is 1. The fourth-order valence-electron chi connectivity index (χ4n) is 1.29. The molecule has 0 aromatic heterocycles. The number of ether oxygens (including phenoxy) is 2. The first-order valence-electron chi connectivity index (χ1n) is 5.69. The smallest absolute Gasteiger partial charge is 0.125 e. The van der Waals surface area contributed by atoms with Crippen molar-refractivity contribution < 1.29 is 9.47 Å². The third-order valence-electron chi connectivity index (χ3n) is 2.46. The Bertz CT molecular complexity index is 348. The summed E-state index contributed by atoms with van der Waals surface area (Å²) in [5, 5.41) is 0. The molecular formula is C13H21NO2. The molecule has 1 aromatic carbocycles. The molecule has 0 atom stereocenters. The zero-order valence-electron chi connectivity index (χ0n) is 10.5. The van der Waals surface area contributed by atoms with E-state index in [1.807, 2.05) is 19.1 Å². The molecule has 0 saturated heterocycles. The summed E-state index contributed by atoms with van der Waals surface area (Å²) in [6, 6.07) is 5.49. The van der Waals surface area contributed by atoms with Crippen molar-refractivity contribution >= 4 is 5.69 Å². The molecule has 0 heterocycles. The number of rotatable bonds is 5. The van der Waals surface area contributed by atoms with Crippen LogP contribution in [0.4, 0.5) is 5.69 Å². The average Bonchev–Trinajstić information content (AvgIpc) is 2.16. The number of benzene rings is 1. The third-order valence-corrected chi connectivity index (χ3v) is 2.46. The normalized spacial score (nSPS) is 11.2. The molecule has 0 radical (unpaired) electrons. The van der Waals surface area contributed by atoms with Gasteiger partial charge in [-0.25, -0.2) is 0 Å². The summed E-state index contributed by atoms with van der Waals surface area (Å²) in [5.74, 6) is 1.51. The Morgan fingerprint density at radius 1 is 1.12 bits per heavy atom. The molecule has 0 bridgehead atoms. The van der Waals surface area contributed by atoms with E-state index in [0.29, 0.717) is 12.3 Å². The fraction of sp³-hybridized carbons (Fsp3) is 0.538. The minimum Gasteiger partial charge on any atom is -0.494 e. The van der Waals surface area contributed by atoms with Gasteiger partial charge in [-0.05, 0) is 27.2 Å². The van der Waals surface area contributed by atoms with Gasteiger partial charge in [0, 0.05) is 23.9 Å². The van der Waals surface area contributed by atoms with Gasteiger partial charge in [0.05, 0.1) is 6.61 Å². The molecule has 0 aliphatic heterocycles. The van der Waals surface area contributed by atoms with E-state index in [9.17, 15) is 0 Å². The molecule has 0 saturated carbocycles. The minimum absolute atomic E-state index is 0.183. The maximum atomic E-state index is 5.86. The highest BCUT2D eigenvalue weighted by Gasteiger charge is 2.17. The molecule has 1 rings (SSSR count). The van der Waals surface area contributed by atoms with Crippen molar-refractivity contribution in [2.45, 2.75) is 39.7 Å². The average molecular weight is 223 g/mol. The van der Waals surface area contributed by atoms with Gasteiger partial charge in [-0.15, -0.1) is 0 Å². The van der Waals surface area contributed by atoms with Crippen LogP contribution in [-0.2, 0) is 0 Å². The predicted octanol–water partition coefficient (Wildman–Crippen LogP) is 3.23. The van der Waals surface area contributed by atoms with Crippen LogP contribution < -0.4 is 15.2 Å². The Hall–Kier alpha value is -1.38. The molecule has 3 heteroatoms. The van der Waals surface area contributed by atoms with Crippen LogP contribution in [-0.4, -0.2) is 12.2 Å². The number of hydrogen-bond donors (Lipinski definition) is 1. The van der Waals surface area contributed by atoms with E-state index in [4.69, 9.17) is 15.2 Å². The first-order chi connectivity index (χ1) is 7.46. The molecule has 0 unspecified atom stereocenters. The van der Waals surface area contributed by atoms with Gasteiger partial charge in [-0.3, -0.25) is 0 Å². The van der Waals surface area contributed by atoms with Crippen LogP contribution in [0.2, 0.25) is 0 Å². The van der Waals surface area contributed by atoms with E-state index in [1.165, 1.54) is 0 Å². The second kappa shape index (κ2) is 5.10. The van der Waals surface area contributed by atoms with Crippen LogP contribution in [0.1, 0.15) is 34.1 Å². The van der Waals surface area contributed by atoms with Crippen LogP contribution in [0, 0.1) is 0 Å². The highest BCUT2D eigenvalue weighted by molar-refractivity contribution is 5.50. The lowest BCUT2D eigenvalue weighted by Gasteiger charge is -2.25. The lowest BCUT2D eigenvalue weighted by Crippen LogP contribution is -2.26. The van der Waals surface area contributed by atoms with Gasteiger partial charge in [-0.1, -0.05) is 6.92 Å². The highest BCUT2D eigenvalue weighted by atomic mass is 16.5. The molecule has 3 nitrogen and oxygen atoms in total. The summed E-state index contributed by atoms with van der Waals surface area (Å²) >= 11 is 0. The molecule has 0 fully saturated rings. The van der Waals surface area contributed by atoms with Gasteiger partial charge in [-0.2, -0.15) is 0 Å². The lowest BCUT2D eigenvalue weighted by atomic mass is 10.1. The van der Waals surface area contributed by atoms with Crippen LogP contribution in [0.15, 0.2) is 18.2 Å². The van der Waals surface area contributed by atoms with E-state index < -0.39 is 0 Å². The Labute approximate surface area is 97.6 Å². The van der Waals surface area contributed by atoms with Crippen LogP contribution in [0.25, 0.3) is 0 Å². The number of anilines is 1. The largest absolute Gasteiger partial charge is 0.494 e. The van der Waals surface area contributed by atoms with E-state index in [0.717, 1.165) is 17.9 Å². The topological polar surface area (TPSA) is 44.5 Å². The fourth-order valence-corrected chi connectivity index (χ4v) is 1.29. The van der Waals surface area contributed by atoms with Gasteiger partial charge in [0.25, 0.3) is 0 Å². The first-order valence-corrected chi connectivity index (χ1v) is 5.69. The highest BCUT2D eigenvalue weighted by Crippen LogP contribution is 2.28. The maximum Gasteiger partial charge on any atom is 0.125 e. The van der Waals surface area contributed by atoms with Crippen molar-refractivity contribution in [3.05, 3.63) is 18.2 Å². The summed E-state index contributed by atoms with van der Waals surface area (Å²) in [7, 11) is 0. The first kappa shape index (κ1) is 12.7.